The summed E-state index contributed by atoms with van der Waals surface area (Å²) in [4.78, 5) is 4.17. The molecule has 1 heterocycles. The molecule has 0 fully saturated rings. The van der Waals surface area contributed by atoms with Gasteiger partial charge < -0.3 is 5.11 Å². The monoisotopic (exact) mass is 319 g/mol. The Morgan fingerprint density at radius 3 is 2.68 bits per heavy atom. The quantitative estimate of drug-likeness (QED) is 0.914. The molecule has 1 atom stereocenters. The number of aryl methyl sites for hydroxylation is 1. The van der Waals surface area contributed by atoms with E-state index >= 15 is 0 Å². The number of aliphatic hydroxyl groups excluding tert-OH is 1. The maximum atomic E-state index is 9.58. The second-order valence-corrected chi connectivity index (χ2v) is 5.81. The van der Waals surface area contributed by atoms with Gasteiger partial charge >= 0.3 is 0 Å². The molecule has 0 aliphatic heterocycles. The van der Waals surface area contributed by atoms with Crippen LogP contribution in [0.25, 0.3) is 0 Å². The summed E-state index contributed by atoms with van der Waals surface area (Å²) in [6.45, 7) is 2.31. The van der Waals surface area contributed by atoms with E-state index < -0.39 is 0 Å². The van der Waals surface area contributed by atoms with Crippen LogP contribution in [0, 0.1) is 12.8 Å². The third-order valence-corrected chi connectivity index (χ3v) is 3.75. The van der Waals surface area contributed by atoms with Crippen LogP contribution in [0.1, 0.15) is 16.7 Å². The van der Waals surface area contributed by atoms with Crippen molar-refractivity contribution < 1.29 is 5.11 Å². The van der Waals surface area contributed by atoms with E-state index in [-0.39, 0.29) is 12.5 Å². The zero-order valence-electron chi connectivity index (χ0n) is 11.0. The molecule has 0 spiro atoms. The minimum absolute atomic E-state index is 0.195. The van der Waals surface area contributed by atoms with Gasteiger partial charge in [0, 0.05) is 23.5 Å². The van der Waals surface area contributed by atoms with Crippen molar-refractivity contribution in [2.24, 2.45) is 5.92 Å². The lowest BCUT2D eigenvalue weighted by atomic mass is 9.92. The number of hydrogen-bond acceptors (Lipinski definition) is 2. The Kier molecular flexibility index (Phi) is 5.11. The summed E-state index contributed by atoms with van der Waals surface area (Å²) in [6.07, 6.45) is 5.39. The Hall–Kier alpha value is -1.19. The van der Waals surface area contributed by atoms with Crippen molar-refractivity contribution in [1.82, 2.24) is 4.98 Å². The van der Waals surface area contributed by atoms with Crippen molar-refractivity contribution in [2.75, 3.05) is 6.61 Å². The van der Waals surface area contributed by atoms with Crippen molar-refractivity contribution in [2.45, 2.75) is 19.8 Å². The minimum Gasteiger partial charge on any atom is -0.396 e. The Morgan fingerprint density at radius 1 is 1.21 bits per heavy atom. The average Bonchev–Trinajstić information content (AvgIpc) is 2.40. The van der Waals surface area contributed by atoms with E-state index in [0.29, 0.717) is 0 Å². The molecule has 100 valence electrons. The summed E-state index contributed by atoms with van der Waals surface area (Å²) in [6, 6.07) is 10.4. The molecule has 0 amide bonds. The van der Waals surface area contributed by atoms with Gasteiger partial charge in [0.05, 0.1) is 0 Å². The van der Waals surface area contributed by atoms with Gasteiger partial charge in [0.2, 0.25) is 0 Å². The molecule has 0 saturated heterocycles. The number of aliphatic hydroxyl groups is 1. The van der Waals surface area contributed by atoms with Gasteiger partial charge in [0.15, 0.2) is 0 Å². The fraction of sp³-hybridized carbons (Fsp3) is 0.312. The van der Waals surface area contributed by atoms with Gasteiger partial charge in [-0.2, -0.15) is 0 Å². The highest BCUT2D eigenvalue weighted by Crippen LogP contribution is 2.18. The first-order chi connectivity index (χ1) is 9.19. The Labute approximate surface area is 122 Å². The number of pyridine rings is 1. The van der Waals surface area contributed by atoms with Crippen LogP contribution in [0.2, 0.25) is 0 Å². The molecule has 1 aromatic heterocycles. The standard InChI is InChI=1S/C16H18BrNO/c1-12-4-2-3-5-15(12)7-14(11-19)6-13-8-16(17)10-18-9-13/h2-5,8-10,14,19H,6-7,11H2,1H3. The first kappa shape index (κ1) is 14.2. The summed E-state index contributed by atoms with van der Waals surface area (Å²) in [5.41, 5.74) is 3.75. The van der Waals surface area contributed by atoms with E-state index in [1.807, 2.05) is 12.3 Å². The molecule has 2 aromatic rings. The molecule has 0 aliphatic carbocycles. The summed E-state index contributed by atoms with van der Waals surface area (Å²) in [5, 5.41) is 9.58. The largest absolute Gasteiger partial charge is 0.396 e. The Morgan fingerprint density at radius 2 is 2.00 bits per heavy atom. The zero-order valence-corrected chi connectivity index (χ0v) is 12.6. The molecule has 0 bridgehead atoms. The second kappa shape index (κ2) is 6.83. The van der Waals surface area contributed by atoms with E-state index in [2.05, 4.69) is 52.1 Å². The molecular formula is C16H18BrNO. The molecule has 3 heteroatoms. The van der Waals surface area contributed by atoms with Crippen molar-refractivity contribution >= 4 is 15.9 Å². The first-order valence-electron chi connectivity index (χ1n) is 6.44. The van der Waals surface area contributed by atoms with Crippen LogP contribution in [0.3, 0.4) is 0 Å². The highest BCUT2D eigenvalue weighted by Gasteiger charge is 2.11. The second-order valence-electron chi connectivity index (χ2n) is 4.89. The molecule has 2 nitrogen and oxygen atoms in total. The summed E-state index contributed by atoms with van der Waals surface area (Å²) in [7, 11) is 0. The smallest absolute Gasteiger partial charge is 0.0465 e. The molecule has 1 aromatic carbocycles. The van der Waals surface area contributed by atoms with Gasteiger partial charge in [-0.05, 0) is 64.4 Å². The van der Waals surface area contributed by atoms with Gasteiger partial charge in [-0.1, -0.05) is 24.3 Å². The van der Waals surface area contributed by atoms with Crippen LogP contribution in [0.5, 0.6) is 0 Å². The lowest BCUT2D eigenvalue weighted by molar-refractivity contribution is 0.225. The van der Waals surface area contributed by atoms with Crippen LogP contribution >= 0.6 is 15.9 Å². The molecule has 2 rings (SSSR count). The molecule has 1 N–H and O–H groups in total. The number of benzene rings is 1. The zero-order chi connectivity index (χ0) is 13.7. The molecule has 0 aliphatic rings. The lowest BCUT2D eigenvalue weighted by Crippen LogP contribution is -2.13. The Bertz CT molecular complexity index is 542. The van der Waals surface area contributed by atoms with Gasteiger partial charge in [-0.3, -0.25) is 4.98 Å². The van der Waals surface area contributed by atoms with Crippen molar-refractivity contribution in [3.05, 3.63) is 63.9 Å². The van der Waals surface area contributed by atoms with E-state index in [4.69, 9.17) is 0 Å². The highest BCUT2D eigenvalue weighted by molar-refractivity contribution is 9.10. The number of hydrogen-bond donors (Lipinski definition) is 1. The van der Waals surface area contributed by atoms with E-state index in [1.165, 1.54) is 11.1 Å². The number of rotatable bonds is 5. The van der Waals surface area contributed by atoms with Crippen molar-refractivity contribution in [1.29, 1.82) is 0 Å². The van der Waals surface area contributed by atoms with Crippen LogP contribution in [-0.4, -0.2) is 16.7 Å². The van der Waals surface area contributed by atoms with Crippen molar-refractivity contribution in [3.63, 3.8) is 0 Å². The van der Waals surface area contributed by atoms with Gasteiger partial charge in [-0.15, -0.1) is 0 Å². The van der Waals surface area contributed by atoms with E-state index in [0.717, 1.165) is 22.9 Å². The number of aromatic nitrogens is 1. The van der Waals surface area contributed by atoms with Gasteiger partial charge in [-0.25, -0.2) is 0 Å². The first-order valence-corrected chi connectivity index (χ1v) is 7.23. The lowest BCUT2D eigenvalue weighted by Gasteiger charge is -2.15. The van der Waals surface area contributed by atoms with Crippen LogP contribution in [0.15, 0.2) is 47.2 Å². The SMILES string of the molecule is Cc1ccccc1CC(CO)Cc1cncc(Br)c1. The third-order valence-electron chi connectivity index (χ3n) is 3.31. The normalized spacial score (nSPS) is 12.4. The summed E-state index contributed by atoms with van der Waals surface area (Å²) < 4.78 is 0.984. The highest BCUT2D eigenvalue weighted by atomic mass is 79.9. The summed E-state index contributed by atoms with van der Waals surface area (Å²) in [5.74, 6) is 0.234. The maximum absolute atomic E-state index is 9.58. The molecule has 0 saturated carbocycles. The van der Waals surface area contributed by atoms with Gasteiger partial charge in [0.1, 0.15) is 0 Å². The maximum Gasteiger partial charge on any atom is 0.0465 e. The molecule has 0 radical (unpaired) electrons. The van der Waals surface area contributed by atoms with E-state index in [9.17, 15) is 5.11 Å². The van der Waals surface area contributed by atoms with Gasteiger partial charge in [0.25, 0.3) is 0 Å². The fourth-order valence-corrected chi connectivity index (χ4v) is 2.66. The fourth-order valence-electron chi connectivity index (χ4n) is 2.25. The number of nitrogens with zero attached hydrogens (tertiary/aromatic N) is 1. The van der Waals surface area contributed by atoms with Crippen LogP contribution < -0.4 is 0 Å². The third kappa shape index (κ3) is 4.15. The molecule has 1 unspecified atom stereocenters. The summed E-state index contributed by atoms with van der Waals surface area (Å²) >= 11 is 3.43. The van der Waals surface area contributed by atoms with Crippen LogP contribution in [-0.2, 0) is 12.8 Å². The Balaban J connectivity index is 2.07. The minimum atomic E-state index is 0.195. The topological polar surface area (TPSA) is 33.1 Å². The predicted molar refractivity (Wildman–Crippen MR) is 81.1 cm³/mol. The van der Waals surface area contributed by atoms with Crippen molar-refractivity contribution in [3.8, 4) is 0 Å². The van der Waals surface area contributed by atoms with Crippen LogP contribution in [0.4, 0.5) is 0 Å². The van der Waals surface area contributed by atoms with E-state index in [1.54, 1.807) is 6.20 Å². The average molecular weight is 320 g/mol. The predicted octanol–water partition coefficient (Wildman–Crippen LogP) is 3.55. The molecule has 19 heavy (non-hydrogen) atoms. The molecular weight excluding hydrogens is 302 g/mol. The number of halogens is 1.